The number of carbonyl (C=O) groups is 1. The van der Waals surface area contributed by atoms with Crippen molar-refractivity contribution in [1.82, 2.24) is 19.4 Å². The Morgan fingerprint density at radius 2 is 2.00 bits per heavy atom. The normalized spacial score (nSPS) is 16.8. The smallest absolute Gasteiger partial charge is 0.335 e. The van der Waals surface area contributed by atoms with Crippen LogP contribution in [-0.4, -0.2) is 56.3 Å². The molecule has 2 aliphatic heterocycles. The fourth-order valence-corrected chi connectivity index (χ4v) is 4.99. The van der Waals surface area contributed by atoms with Gasteiger partial charge < -0.3 is 19.1 Å². The number of carboxylic acid groups (broad SMARTS) is 1. The molecular formula is C30H25F2N5O4. The quantitative estimate of drug-likeness (QED) is 0.319. The first kappa shape index (κ1) is 26.6. The maximum atomic E-state index is 14.9. The maximum Gasteiger partial charge on any atom is 0.335 e. The second kappa shape index (κ2) is 11.1. The van der Waals surface area contributed by atoms with Crippen LogP contribution in [0.1, 0.15) is 39.6 Å². The van der Waals surface area contributed by atoms with Gasteiger partial charge in [-0.3, -0.25) is 4.90 Å². The summed E-state index contributed by atoms with van der Waals surface area (Å²) < 4.78 is 42.2. The number of ether oxygens (including phenoxy) is 2. The number of hydrogen-bond donors (Lipinski definition) is 1. The van der Waals surface area contributed by atoms with Crippen LogP contribution in [0.25, 0.3) is 16.6 Å². The molecule has 11 heteroatoms. The minimum absolute atomic E-state index is 0.0198. The molecule has 1 fully saturated rings. The Balaban J connectivity index is 1.17. The highest BCUT2D eigenvalue weighted by Gasteiger charge is 2.25. The lowest BCUT2D eigenvalue weighted by molar-refractivity contribution is -0.0591. The van der Waals surface area contributed by atoms with E-state index < -0.39 is 17.6 Å². The second-order valence-corrected chi connectivity index (χ2v) is 10.0. The van der Waals surface area contributed by atoms with Gasteiger partial charge in [0, 0.05) is 19.7 Å². The fourth-order valence-electron chi connectivity index (χ4n) is 4.99. The van der Waals surface area contributed by atoms with Gasteiger partial charge in [-0.25, -0.2) is 23.5 Å². The summed E-state index contributed by atoms with van der Waals surface area (Å²) in [5.74, 6) is -1.38. The van der Waals surface area contributed by atoms with Gasteiger partial charge >= 0.3 is 5.97 Å². The van der Waals surface area contributed by atoms with E-state index in [0.29, 0.717) is 49.6 Å². The Kier molecular flexibility index (Phi) is 7.17. The number of rotatable bonds is 9. The molecular weight excluding hydrogens is 532 g/mol. The van der Waals surface area contributed by atoms with E-state index in [1.807, 2.05) is 16.7 Å². The molecule has 0 bridgehead atoms. The van der Waals surface area contributed by atoms with Gasteiger partial charge in [0.1, 0.15) is 23.9 Å². The van der Waals surface area contributed by atoms with E-state index in [4.69, 9.17) is 19.7 Å². The van der Waals surface area contributed by atoms with Gasteiger partial charge in [-0.2, -0.15) is 5.26 Å². The molecule has 6 rings (SSSR count). The highest BCUT2D eigenvalue weighted by Crippen LogP contribution is 2.27. The molecule has 2 aliphatic rings. The topological polar surface area (TPSA) is 114 Å². The van der Waals surface area contributed by atoms with E-state index >= 15 is 0 Å². The van der Waals surface area contributed by atoms with Crippen LogP contribution in [0, 0.1) is 23.0 Å². The number of imidazole rings is 1. The van der Waals surface area contributed by atoms with Crippen molar-refractivity contribution < 1.29 is 28.2 Å². The van der Waals surface area contributed by atoms with E-state index in [9.17, 15) is 18.7 Å². The van der Waals surface area contributed by atoms with Gasteiger partial charge in [0.05, 0.1) is 53.1 Å². The van der Waals surface area contributed by atoms with Gasteiger partial charge in [0.2, 0.25) is 0 Å². The lowest BCUT2D eigenvalue weighted by atomic mass is 10.1. The summed E-state index contributed by atoms with van der Waals surface area (Å²) >= 11 is 0. The largest absolute Gasteiger partial charge is 0.484 e. The SMILES string of the molecule is N#Cc1ccc(OCc2ccc(F)c(C3=CCN(Cc4nc5ccc(C(=O)O)cc5n4C[C@@H]4CCO4)C3)n2)c(F)c1. The predicted molar refractivity (Wildman–Crippen MR) is 144 cm³/mol. The third-order valence-corrected chi connectivity index (χ3v) is 7.25. The number of nitriles is 1. The van der Waals surface area contributed by atoms with Crippen molar-refractivity contribution in [3.63, 3.8) is 0 Å². The average Bonchev–Trinajstić information content (AvgIpc) is 3.54. The van der Waals surface area contributed by atoms with Crippen LogP contribution in [0.3, 0.4) is 0 Å². The molecule has 41 heavy (non-hydrogen) atoms. The van der Waals surface area contributed by atoms with E-state index in [2.05, 4.69) is 9.88 Å². The number of aromatic carboxylic acids is 1. The molecule has 0 aliphatic carbocycles. The number of carboxylic acids is 1. The zero-order valence-electron chi connectivity index (χ0n) is 21.9. The Labute approximate surface area is 233 Å². The number of pyridine rings is 1. The molecule has 1 N–H and O–H groups in total. The molecule has 208 valence electrons. The Morgan fingerprint density at radius 1 is 1.15 bits per heavy atom. The Bertz CT molecular complexity index is 1720. The average molecular weight is 558 g/mol. The number of hydrogen-bond acceptors (Lipinski definition) is 7. The molecule has 0 unspecified atom stereocenters. The molecule has 0 amide bonds. The van der Waals surface area contributed by atoms with Gasteiger partial charge in [0.15, 0.2) is 11.6 Å². The maximum absolute atomic E-state index is 14.9. The van der Waals surface area contributed by atoms with Crippen molar-refractivity contribution >= 4 is 22.6 Å². The zero-order chi connectivity index (χ0) is 28.5. The first-order valence-corrected chi connectivity index (χ1v) is 13.1. The van der Waals surface area contributed by atoms with Crippen LogP contribution in [0.15, 0.2) is 54.6 Å². The first-order valence-electron chi connectivity index (χ1n) is 13.1. The molecule has 9 nitrogen and oxygen atoms in total. The molecule has 2 aromatic carbocycles. The Hall–Kier alpha value is -4.66. The highest BCUT2D eigenvalue weighted by molar-refractivity contribution is 5.92. The van der Waals surface area contributed by atoms with Crippen LogP contribution in [0.2, 0.25) is 0 Å². The van der Waals surface area contributed by atoms with Crippen molar-refractivity contribution in [2.45, 2.75) is 32.2 Å². The van der Waals surface area contributed by atoms with Crippen LogP contribution in [0.5, 0.6) is 5.75 Å². The molecule has 0 saturated carbocycles. The summed E-state index contributed by atoms with van der Waals surface area (Å²) in [6.07, 6.45) is 2.89. The van der Waals surface area contributed by atoms with Crippen molar-refractivity contribution in [3.8, 4) is 11.8 Å². The first-order chi connectivity index (χ1) is 19.9. The summed E-state index contributed by atoms with van der Waals surface area (Å²) in [5.41, 5.74) is 3.17. The summed E-state index contributed by atoms with van der Waals surface area (Å²) in [4.78, 5) is 22.9. The number of aromatic nitrogens is 3. The molecule has 1 atom stereocenters. The van der Waals surface area contributed by atoms with E-state index in [-0.39, 0.29) is 35.3 Å². The second-order valence-electron chi connectivity index (χ2n) is 10.0. The number of fused-ring (bicyclic) bond motifs is 1. The number of halogens is 2. The summed E-state index contributed by atoms with van der Waals surface area (Å²) in [7, 11) is 0. The molecule has 0 spiro atoms. The molecule has 2 aromatic heterocycles. The molecule has 0 radical (unpaired) electrons. The van der Waals surface area contributed by atoms with Crippen LogP contribution in [-0.2, 0) is 24.4 Å². The highest BCUT2D eigenvalue weighted by atomic mass is 19.1. The number of nitrogens with zero attached hydrogens (tertiary/aromatic N) is 5. The van der Waals surface area contributed by atoms with E-state index in [1.165, 1.54) is 24.3 Å². The molecule has 1 saturated heterocycles. The third-order valence-electron chi connectivity index (χ3n) is 7.25. The zero-order valence-corrected chi connectivity index (χ0v) is 21.9. The molecule has 4 aromatic rings. The van der Waals surface area contributed by atoms with Gasteiger partial charge in [0.25, 0.3) is 0 Å². The summed E-state index contributed by atoms with van der Waals surface area (Å²) in [5, 5.41) is 18.4. The van der Waals surface area contributed by atoms with Gasteiger partial charge in [-0.1, -0.05) is 6.08 Å². The summed E-state index contributed by atoms with van der Waals surface area (Å²) in [6, 6.07) is 13.5. The minimum Gasteiger partial charge on any atom is -0.484 e. The lowest BCUT2D eigenvalue weighted by Crippen LogP contribution is -2.32. The van der Waals surface area contributed by atoms with Crippen molar-refractivity contribution in [2.75, 3.05) is 19.7 Å². The Morgan fingerprint density at radius 3 is 2.73 bits per heavy atom. The number of benzene rings is 2. The van der Waals surface area contributed by atoms with Crippen LogP contribution < -0.4 is 4.74 Å². The lowest BCUT2D eigenvalue weighted by Gasteiger charge is -2.28. The molecule has 4 heterocycles. The van der Waals surface area contributed by atoms with E-state index in [1.54, 1.807) is 18.2 Å². The van der Waals surface area contributed by atoms with Crippen molar-refractivity contribution in [3.05, 3.63) is 94.6 Å². The van der Waals surface area contributed by atoms with Crippen molar-refractivity contribution in [1.29, 1.82) is 5.26 Å². The van der Waals surface area contributed by atoms with Crippen molar-refractivity contribution in [2.24, 2.45) is 0 Å². The fraction of sp³-hybridized carbons (Fsp3) is 0.267. The third kappa shape index (κ3) is 5.52. The van der Waals surface area contributed by atoms with E-state index in [0.717, 1.165) is 23.8 Å². The standard InChI is InChI=1S/C30H25F2N5O4/c31-23-4-3-21(17-41-27-6-1-18(13-33)11-24(27)32)34-29(23)20-7-9-36(14-20)16-28-35-25-5-2-19(30(38)39)12-26(25)37(28)15-22-8-10-40-22/h1-7,11-12,22H,8-10,14-17H2,(H,38,39)/t22-/m0/s1. The monoisotopic (exact) mass is 557 g/mol. The van der Waals surface area contributed by atoms with Gasteiger partial charge in [-0.05, 0) is 60.5 Å². The van der Waals surface area contributed by atoms with Crippen LogP contribution >= 0.6 is 0 Å². The summed E-state index contributed by atoms with van der Waals surface area (Å²) in [6.45, 7) is 2.66. The van der Waals surface area contributed by atoms with Gasteiger partial charge in [-0.15, -0.1) is 0 Å². The van der Waals surface area contributed by atoms with Crippen LogP contribution in [0.4, 0.5) is 8.78 Å². The predicted octanol–water partition coefficient (Wildman–Crippen LogP) is 4.55. The minimum atomic E-state index is -1.00.